The SMILES string of the molecule is OCCN(CCO)CCC(c1ccccc1)c1ccccc1. The molecule has 0 aliphatic heterocycles. The first-order valence-corrected chi connectivity index (χ1v) is 7.89. The van der Waals surface area contributed by atoms with Gasteiger partial charge in [0, 0.05) is 19.0 Å². The molecule has 0 bridgehead atoms. The number of rotatable bonds is 9. The summed E-state index contributed by atoms with van der Waals surface area (Å²) in [5, 5.41) is 18.3. The lowest BCUT2D eigenvalue weighted by molar-refractivity contribution is 0.158. The summed E-state index contributed by atoms with van der Waals surface area (Å²) in [6.45, 7) is 2.33. The number of hydrogen-bond acceptors (Lipinski definition) is 3. The smallest absolute Gasteiger partial charge is 0.0558 e. The highest BCUT2D eigenvalue weighted by Gasteiger charge is 2.15. The minimum Gasteiger partial charge on any atom is -0.395 e. The predicted molar refractivity (Wildman–Crippen MR) is 90.0 cm³/mol. The minimum absolute atomic E-state index is 0.126. The first-order valence-electron chi connectivity index (χ1n) is 7.89. The van der Waals surface area contributed by atoms with E-state index < -0.39 is 0 Å². The Hall–Kier alpha value is -1.68. The van der Waals surface area contributed by atoms with Crippen molar-refractivity contribution in [2.24, 2.45) is 0 Å². The second-order valence-electron chi connectivity index (χ2n) is 5.45. The summed E-state index contributed by atoms with van der Waals surface area (Å²) in [5.74, 6) is 0.335. The quantitative estimate of drug-likeness (QED) is 0.748. The van der Waals surface area contributed by atoms with Crippen LogP contribution in [0.1, 0.15) is 23.5 Å². The maximum absolute atomic E-state index is 9.14. The Bertz CT molecular complexity index is 470. The standard InChI is InChI=1S/C19H25NO2/c21-15-13-20(14-16-22)12-11-19(17-7-3-1-4-8-17)18-9-5-2-6-10-18/h1-10,19,21-22H,11-16H2. The molecule has 2 rings (SSSR count). The Morgan fingerprint density at radius 1 is 0.682 bits per heavy atom. The maximum atomic E-state index is 9.14. The van der Waals surface area contributed by atoms with Crippen LogP contribution in [0.25, 0.3) is 0 Å². The van der Waals surface area contributed by atoms with Crippen molar-refractivity contribution in [3.63, 3.8) is 0 Å². The van der Waals surface area contributed by atoms with Gasteiger partial charge in [0.05, 0.1) is 13.2 Å². The Balaban J connectivity index is 2.12. The summed E-state index contributed by atoms with van der Waals surface area (Å²) in [5.41, 5.74) is 2.61. The van der Waals surface area contributed by atoms with Gasteiger partial charge >= 0.3 is 0 Å². The first kappa shape index (κ1) is 16.7. The van der Waals surface area contributed by atoms with Gasteiger partial charge in [0.25, 0.3) is 0 Å². The third-order valence-corrected chi connectivity index (χ3v) is 3.97. The second kappa shape index (κ2) is 9.36. The van der Waals surface area contributed by atoms with E-state index in [0.29, 0.717) is 19.0 Å². The average molecular weight is 299 g/mol. The zero-order valence-corrected chi connectivity index (χ0v) is 12.9. The fourth-order valence-electron chi connectivity index (χ4n) is 2.83. The molecule has 0 amide bonds. The van der Waals surface area contributed by atoms with Crippen LogP contribution in [-0.2, 0) is 0 Å². The zero-order chi connectivity index (χ0) is 15.6. The fraction of sp³-hybridized carbons (Fsp3) is 0.368. The molecule has 0 saturated heterocycles. The van der Waals surface area contributed by atoms with Crippen molar-refractivity contribution < 1.29 is 10.2 Å². The van der Waals surface area contributed by atoms with E-state index in [4.69, 9.17) is 10.2 Å². The van der Waals surface area contributed by atoms with Crippen LogP contribution in [0.4, 0.5) is 0 Å². The molecule has 3 nitrogen and oxygen atoms in total. The molecule has 22 heavy (non-hydrogen) atoms. The van der Waals surface area contributed by atoms with Gasteiger partial charge in [-0.1, -0.05) is 60.7 Å². The van der Waals surface area contributed by atoms with Gasteiger partial charge in [-0.15, -0.1) is 0 Å². The van der Waals surface area contributed by atoms with Crippen LogP contribution < -0.4 is 0 Å². The van der Waals surface area contributed by atoms with Crippen molar-refractivity contribution in [1.82, 2.24) is 4.90 Å². The summed E-state index contributed by atoms with van der Waals surface area (Å²) in [6.07, 6.45) is 0.966. The van der Waals surface area contributed by atoms with Crippen molar-refractivity contribution in [2.45, 2.75) is 12.3 Å². The molecule has 2 N–H and O–H groups in total. The molecule has 118 valence electrons. The van der Waals surface area contributed by atoms with Gasteiger partial charge in [-0.2, -0.15) is 0 Å². The van der Waals surface area contributed by atoms with E-state index in [1.807, 2.05) is 12.1 Å². The van der Waals surface area contributed by atoms with Crippen molar-refractivity contribution in [2.75, 3.05) is 32.8 Å². The van der Waals surface area contributed by atoms with Gasteiger partial charge in [0.2, 0.25) is 0 Å². The van der Waals surface area contributed by atoms with Crippen molar-refractivity contribution in [3.05, 3.63) is 71.8 Å². The molecule has 0 radical (unpaired) electrons. The van der Waals surface area contributed by atoms with E-state index in [-0.39, 0.29) is 13.2 Å². The molecule has 0 aromatic heterocycles. The van der Waals surface area contributed by atoms with Crippen LogP contribution in [-0.4, -0.2) is 48.0 Å². The Kier molecular flexibility index (Phi) is 7.10. The van der Waals surface area contributed by atoms with Crippen LogP contribution in [0, 0.1) is 0 Å². The van der Waals surface area contributed by atoms with Gasteiger partial charge in [0.1, 0.15) is 0 Å². The van der Waals surface area contributed by atoms with Gasteiger partial charge in [-0.25, -0.2) is 0 Å². The predicted octanol–water partition coefficient (Wildman–Crippen LogP) is 2.50. The molecule has 0 atom stereocenters. The number of aliphatic hydroxyl groups excluding tert-OH is 2. The highest BCUT2D eigenvalue weighted by molar-refractivity contribution is 5.32. The lowest BCUT2D eigenvalue weighted by Crippen LogP contribution is -2.31. The number of aliphatic hydroxyl groups is 2. The van der Waals surface area contributed by atoms with E-state index in [9.17, 15) is 0 Å². The highest BCUT2D eigenvalue weighted by Crippen LogP contribution is 2.27. The number of hydrogen-bond donors (Lipinski definition) is 2. The molecule has 0 aliphatic rings. The Morgan fingerprint density at radius 3 is 1.55 bits per heavy atom. The molecule has 2 aromatic carbocycles. The van der Waals surface area contributed by atoms with E-state index in [2.05, 4.69) is 53.4 Å². The van der Waals surface area contributed by atoms with Crippen LogP contribution in [0.15, 0.2) is 60.7 Å². The third-order valence-electron chi connectivity index (χ3n) is 3.97. The second-order valence-corrected chi connectivity index (χ2v) is 5.45. The summed E-state index contributed by atoms with van der Waals surface area (Å²) in [4.78, 5) is 2.11. The third kappa shape index (κ3) is 4.95. The molecule has 0 spiro atoms. The summed E-state index contributed by atoms with van der Waals surface area (Å²) in [7, 11) is 0. The topological polar surface area (TPSA) is 43.7 Å². The summed E-state index contributed by atoms with van der Waals surface area (Å²) >= 11 is 0. The maximum Gasteiger partial charge on any atom is 0.0558 e. The number of benzene rings is 2. The molecule has 3 heteroatoms. The van der Waals surface area contributed by atoms with Crippen molar-refractivity contribution in [1.29, 1.82) is 0 Å². The molecule has 0 heterocycles. The van der Waals surface area contributed by atoms with Crippen molar-refractivity contribution >= 4 is 0 Å². The number of nitrogens with zero attached hydrogens (tertiary/aromatic N) is 1. The Labute approximate surface area is 132 Å². The van der Waals surface area contributed by atoms with E-state index in [1.54, 1.807) is 0 Å². The van der Waals surface area contributed by atoms with Gasteiger partial charge < -0.3 is 10.2 Å². The normalized spacial score (nSPS) is 11.3. The average Bonchev–Trinajstić information content (AvgIpc) is 2.57. The fourth-order valence-corrected chi connectivity index (χ4v) is 2.83. The zero-order valence-electron chi connectivity index (χ0n) is 12.9. The van der Waals surface area contributed by atoms with Gasteiger partial charge in [-0.05, 0) is 24.1 Å². The van der Waals surface area contributed by atoms with Gasteiger partial charge in [-0.3, -0.25) is 4.90 Å². The lowest BCUT2D eigenvalue weighted by Gasteiger charge is -2.24. The molecule has 2 aromatic rings. The van der Waals surface area contributed by atoms with E-state index in [1.165, 1.54) is 11.1 Å². The van der Waals surface area contributed by atoms with Crippen LogP contribution in [0.3, 0.4) is 0 Å². The van der Waals surface area contributed by atoms with Crippen molar-refractivity contribution in [3.8, 4) is 0 Å². The summed E-state index contributed by atoms with van der Waals surface area (Å²) in [6, 6.07) is 21.0. The molecular formula is C19H25NO2. The Morgan fingerprint density at radius 2 is 1.14 bits per heavy atom. The molecule has 0 saturated carbocycles. The summed E-state index contributed by atoms with van der Waals surface area (Å²) < 4.78 is 0. The van der Waals surface area contributed by atoms with E-state index in [0.717, 1.165) is 13.0 Å². The largest absolute Gasteiger partial charge is 0.395 e. The molecule has 0 aliphatic carbocycles. The molecule has 0 unspecified atom stereocenters. The van der Waals surface area contributed by atoms with Crippen LogP contribution in [0.2, 0.25) is 0 Å². The molecular weight excluding hydrogens is 274 g/mol. The monoisotopic (exact) mass is 299 g/mol. The van der Waals surface area contributed by atoms with E-state index >= 15 is 0 Å². The van der Waals surface area contributed by atoms with Gasteiger partial charge in [0.15, 0.2) is 0 Å². The first-order chi connectivity index (χ1) is 10.8. The van der Waals surface area contributed by atoms with Crippen LogP contribution >= 0.6 is 0 Å². The van der Waals surface area contributed by atoms with Crippen LogP contribution in [0.5, 0.6) is 0 Å². The highest BCUT2D eigenvalue weighted by atomic mass is 16.3. The minimum atomic E-state index is 0.126. The molecule has 0 fully saturated rings. The lowest BCUT2D eigenvalue weighted by atomic mass is 9.88.